The highest BCUT2D eigenvalue weighted by Crippen LogP contribution is 2.24. The zero-order valence-electron chi connectivity index (χ0n) is 13.4. The van der Waals surface area contributed by atoms with Gasteiger partial charge in [0.1, 0.15) is 11.8 Å². The lowest BCUT2D eigenvalue weighted by Crippen LogP contribution is -2.46. The summed E-state index contributed by atoms with van der Waals surface area (Å²) in [5, 5.41) is 2.79. The number of amides is 1. The molecule has 0 unspecified atom stereocenters. The number of fused-ring (bicyclic) bond motifs is 1. The summed E-state index contributed by atoms with van der Waals surface area (Å²) >= 11 is 0. The van der Waals surface area contributed by atoms with E-state index in [1.54, 1.807) is 29.2 Å². The normalized spacial score (nSPS) is 18.3. The Hall–Kier alpha value is -2.13. The van der Waals surface area contributed by atoms with Crippen molar-refractivity contribution < 1.29 is 17.6 Å². The maximum atomic E-state index is 12.6. The van der Waals surface area contributed by atoms with Crippen LogP contribution >= 0.6 is 0 Å². The maximum Gasteiger partial charge on any atom is 0.244 e. The average Bonchev–Trinajstić information content (AvgIpc) is 3.22. The van der Waals surface area contributed by atoms with Crippen LogP contribution in [0.3, 0.4) is 0 Å². The van der Waals surface area contributed by atoms with E-state index in [4.69, 9.17) is 4.42 Å². The van der Waals surface area contributed by atoms with Crippen molar-refractivity contribution in [2.45, 2.75) is 32.5 Å². The molecule has 2 aromatic heterocycles. The first-order valence-electron chi connectivity index (χ1n) is 7.80. The van der Waals surface area contributed by atoms with E-state index in [-0.39, 0.29) is 31.3 Å². The van der Waals surface area contributed by atoms with Crippen molar-refractivity contribution >= 4 is 15.9 Å². The Morgan fingerprint density at radius 2 is 2.33 bits per heavy atom. The standard InChI is InChI=1S/C15H20N4O4S/c1-2-6-24(21,22)18-9-12-7-16-11-19(12)14(10-18)15(20)17-8-13-4-3-5-23-13/h3-5,7,11,14H,2,6,8-10H2,1H3,(H,17,20)/t14-/m0/s1. The van der Waals surface area contributed by atoms with Gasteiger partial charge in [-0.05, 0) is 18.6 Å². The second-order valence-corrected chi connectivity index (χ2v) is 7.80. The van der Waals surface area contributed by atoms with Gasteiger partial charge in [0.2, 0.25) is 15.9 Å². The number of aromatic nitrogens is 2. The Morgan fingerprint density at radius 3 is 3.04 bits per heavy atom. The predicted octanol–water partition coefficient (Wildman–Crippen LogP) is 0.889. The maximum absolute atomic E-state index is 12.6. The fourth-order valence-corrected chi connectivity index (χ4v) is 4.25. The lowest BCUT2D eigenvalue weighted by molar-refractivity contribution is -0.125. The first-order valence-corrected chi connectivity index (χ1v) is 9.41. The molecule has 0 saturated heterocycles. The summed E-state index contributed by atoms with van der Waals surface area (Å²) in [6.07, 6.45) is 5.24. The van der Waals surface area contributed by atoms with Crippen LogP contribution in [-0.4, -0.2) is 40.5 Å². The molecule has 0 aromatic carbocycles. The number of nitrogens with zero attached hydrogens (tertiary/aromatic N) is 3. The van der Waals surface area contributed by atoms with E-state index in [1.807, 2.05) is 6.92 Å². The molecule has 1 atom stereocenters. The second kappa shape index (κ2) is 6.78. The van der Waals surface area contributed by atoms with Crippen LogP contribution in [-0.2, 0) is 27.9 Å². The Kier molecular flexibility index (Phi) is 4.72. The van der Waals surface area contributed by atoms with E-state index >= 15 is 0 Å². The van der Waals surface area contributed by atoms with Crippen molar-refractivity contribution in [2.75, 3.05) is 12.3 Å². The van der Waals surface area contributed by atoms with Crippen LogP contribution in [0, 0.1) is 0 Å². The van der Waals surface area contributed by atoms with Crippen molar-refractivity contribution in [2.24, 2.45) is 0 Å². The molecule has 8 nitrogen and oxygen atoms in total. The molecular formula is C15H20N4O4S. The van der Waals surface area contributed by atoms with Crippen LogP contribution in [0.15, 0.2) is 35.3 Å². The van der Waals surface area contributed by atoms with Gasteiger partial charge in [0.05, 0.1) is 37.1 Å². The minimum atomic E-state index is -3.38. The largest absolute Gasteiger partial charge is 0.467 e. The molecule has 24 heavy (non-hydrogen) atoms. The highest BCUT2D eigenvalue weighted by molar-refractivity contribution is 7.89. The smallest absolute Gasteiger partial charge is 0.244 e. The molecule has 130 valence electrons. The number of carbonyl (C=O) groups is 1. The van der Waals surface area contributed by atoms with E-state index in [0.717, 1.165) is 0 Å². The number of nitrogens with one attached hydrogen (secondary N) is 1. The second-order valence-electron chi connectivity index (χ2n) is 5.71. The predicted molar refractivity (Wildman–Crippen MR) is 86.3 cm³/mol. The van der Waals surface area contributed by atoms with Gasteiger partial charge in [-0.1, -0.05) is 6.92 Å². The van der Waals surface area contributed by atoms with Crippen LogP contribution in [0.1, 0.15) is 30.8 Å². The molecule has 2 aromatic rings. The zero-order chi connectivity index (χ0) is 17.2. The van der Waals surface area contributed by atoms with Crippen molar-refractivity contribution in [3.63, 3.8) is 0 Å². The molecule has 1 aliphatic heterocycles. The summed E-state index contributed by atoms with van der Waals surface area (Å²) in [7, 11) is -3.38. The molecule has 3 heterocycles. The Morgan fingerprint density at radius 1 is 1.50 bits per heavy atom. The summed E-state index contributed by atoms with van der Waals surface area (Å²) in [4.78, 5) is 16.6. The molecule has 0 fully saturated rings. The molecule has 9 heteroatoms. The van der Waals surface area contributed by atoms with E-state index in [9.17, 15) is 13.2 Å². The van der Waals surface area contributed by atoms with Crippen LogP contribution in [0.2, 0.25) is 0 Å². The minimum absolute atomic E-state index is 0.0713. The molecule has 0 aliphatic carbocycles. The summed E-state index contributed by atoms with van der Waals surface area (Å²) in [5.41, 5.74) is 0.707. The molecule has 1 amide bonds. The minimum Gasteiger partial charge on any atom is -0.467 e. The van der Waals surface area contributed by atoms with Crippen LogP contribution < -0.4 is 5.32 Å². The molecule has 1 aliphatic rings. The van der Waals surface area contributed by atoms with Crippen LogP contribution in [0.5, 0.6) is 0 Å². The molecule has 0 radical (unpaired) electrons. The van der Waals surface area contributed by atoms with Gasteiger partial charge in [-0.3, -0.25) is 4.79 Å². The quantitative estimate of drug-likeness (QED) is 0.833. The average molecular weight is 352 g/mol. The number of rotatable bonds is 6. The van der Waals surface area contributed by atoms with E-state index in [0.29, 0.717) is 17.9 Å². The van der Waals surface area contributed by atoms with Gasteiger partial charge < -0.3 is 14.3 Å². The number of carbonyl (C=O) groups excluding carboxylic acids is 1. The van der Waals surface area contributed by atoms with Crippen molar-refractivity contribution in [3.8, 4) is 0 Å². The molecule has 1 N–H and O–H groups in total. The van der Waals surface area contributed by atoms with Crippen LogP contribution in [0.4, 0.5) is 0 Å². The third-order valence-electron chi connectivity index (χ3n) is 3.97. The topological polar surface area (TPSA) is 97.4 Å². The number of hydrogen-bond acceptors (Lipinski definition) is 5. The first kappa shape index (κ1) is 16.7. The van der Waals surface area contributed by atoms with Gasteiger partial charge in [0.25, 0.3) is 0 Å². The SMILES string of the molecule is CCCS(=O)(=O)N1Cc2cncn2[C@H](C(=O)NCc2ccco2)C1. The number of furan rings is 1. The van der Waals surface area contributed by atoms with Gasteiger partial charge >= 0.3 is 0 Å². The van der Waals surface area contributed by atoms with E-state index in [2.05, 4.69) is 10.3 Å². The molecule has 0 bridgehead atoms. The third kappa shape index (κ3) is 3.36. The Balaban J connectivity index is 1.77. The fourth-order valence-electron chi connectivity index (χ4n) is 2.77. The molecule has 0 spiro atoms. The Labute approximate surface area is 140 Å². The lowest BCUT2D eigenvalue weighted by Gasteiger charge is -2.32. The third-order valence-corrected chi connectivity index (χ3v) is 5.96. The van der Waals surface area contributed by atoms with Gasteiger partial charge in [-0.2, -0.15) is 4.31 Å². The van der Waals surface area contributed by atoms with E-state index in [1.165, 1.54) is 10.6 Å². The van der Waals surface area contributed by atoms with Crippen LogP contribution in [0.25, 0.3) is 0 Å². The van der Waals surface area contributed by atoms with Crippen molar-refractivity contribution in [1.82, 2.24) is 19.2 Å². The Bertz CT molecular complexity index is 797. The summed E-state index contributed by atoms with van der Waals surface area (Å²) in [5.74, 6) is 0.449. The van der Waals surface area contributed by atoms with Gasteiger partial charge in [0, 0.05) is 12.7 Å². The fraction of sp³-hybridized carbons (Fsp3) is 0.467. The zero-order valence-corrected chi connectivity index (χ0v) is 14.2. The van der Waals surface area contributed by atoms with Crippen molar-refractivity contribution in [1.29, 1.82) is 0 Å². The molecular weight excluding hydrogens is 332 g/mol. The highest BCUT2D eigenvalue weighted by atomic mass is 32.2. The number of imidazole rings is 1. The van der Waals surface area contributed by atoms with E-state index < -0.39 is 16.1 Å². The highest BCUT2D eigenvalue weighted by Gasteiger charge is 2.35. The molecule has 0 saturated carbocycles. The van der Waals surface area contributed by atoms with Gasteiger partial charge in [0.15, 0.2) is 0 Å². The summed E-state index contributed by atoms with van der Waals surface area (Å²) in [6, 6.07) is 2.87. The van der Waals surface area contributed by atoms with Gasteiger partial charge in [-0.15, -0.1) is 0 Å². The molecule has 3 rings (SSSR count). The van der Waals surface area contributed by atoms with Crippen molar-refractivity contribution in [3.05, 3.63) is 42.4 Å². The summed E-state index contributed by atoms with van der Waals surface area (Å²) in [6.45, 7) is 2.42. The first-order chi connectivity index (χ1) is 11.5. The number of sulfonamides is 1. The summed E-state index contributed by atoms with van der Waals surface area (Å²) < 4.78 is 33.0. The van der Waals surface area contributed by atoms with Gasteiger partial charge in [-0.25, -0.2) is 13.4 Å². The monoisotopic (exact) mass is 352 g/mol. The number of hydrogen-bond donors (Lipinski definition) is 1. The lowest BCUT2D eigenvalue weighted by atomic mass is 10.2.